The molecule has 0 amide bonds. The van der Waals surface area contributed by atoms with Crippen LogP contribution in [0.2, 0.25) is 0 Å². The Bertz CT molecular complexity index is 342. The summed E-state index contributed by atoms with van der Waals surface area (Å²) >= 11 is 0. The Morgan fingerprint density at radius 2 is 1.92 bits per heavy atom. The molecule has 1 nitrogen and oxygen atoms in total. The Kier molecular flexibility index (Phi) is 1.42. The first kappa shape index (κ1) is 7.32. The lowest BCUT2D eigenvalue weighted by atomic mass is 9.90. The summed E-state index contributed by atoms with van der Waals surface area (Å²) in [7, 11) is 0. The van der Waals surface area contributed by atoms with E-state index in [0.717, 1.165) is 5.57 Å². The molecule has 0 saturated heterocycles. The zero-order chi connectivity index (χ0) is 8.60. The van der Waals surface area contributed by atoms with Crippen molar-refractivity contribution in [2.75, 3.05) is 0 Å². The summed E-state index contributed by atoms with van der Waals surface area (Å²) in [5.41, 5.74) is 0.647. The summed E-state index contributed by atoms with van der Waals surface area (Å²) < 4.78 is 0. The average Bonchev–Trinajstić information content (AvgIpc) is 2.37. The molecule has 2 rings (SSSR count). The minimum atomic E-state index is -0.955. The second-order valence-corrected chi connectivity index (χ2v) is 2.99. The normalized spacial score (nSPS) is 31.8. The minimum Gasteiger partial charge on any atom is -0.377 e. The highest BCUT2D eigenvalue weighted by Crippen LogP contribution is 2.33. The van der Waals surface area contributed by atoms with Crippen molar-refractivity contribution in [3.05, 3.63) is 60.3 Å². The molecule has 0 aliphatic heterocycles. The van der Waals surface area contributed by atoms with Crippen molar-refractivity contribution in [2.24, 2.45) is 0 Å². The molecule has 0 heterocycles. The summed E-state index contributed by atoms with van der Waals surface area (Å²) in [4.78, 5) is 0. The van der Waals surface area contributed by atoms with Crippen molar-refractivity contribution in [3.8, 4) is 0 Å². The average molecular weight is 158 g/mol. The maximum Gasteiger partial charge on any atom is 0.133 e. The van der Waals surface area contributed by atoms with Crippen LogP contribution < -0.4 is 0 Å². The minimum absolute atomic E-state index is 0.715. The van der Waals surface area contributed by atoms with E-state index >= 15 is 0 Å². The van der Waals surface area contributed by atoms with Gasteiger partial charge in [0.1, 0.15) is 5.60 Å². The second-order valence-electron chi connectivity index (χ2n) is 2.99. The van der Waals surface area contributed by atoms with E-state index in [2.05, 4.69) is 6.58 Å². The molecule has 2 aliphatic carbocycles. The first-order chi connectivity index (χ1) is 5.73. The summed E-state index contributed by atoms with van der Waals surface area (Å²) in [5.74, 6) is 0. The molecule has 12 heavy (non-hydrogen) atoms. The second kappa shape index (κ2) is 2.32. The van der Waals surface area contributed by atoms with Crippen molar-refractivity contribution in [2.45, 2.75) is 5.60 Å². The van der Waals surface area contributed by atoms with Crippen LogP contribution in [0.1, 0.15) is 0 Å². The van der Waals surface area contributed by atoms with Crippen molar-refractivity contribution < 1.29 is 5.11 Å². The van der Waals surface area contributed by atoms with Gasteiger partial charge in [-0.25, -0.2) is 0 Å². The molecule has 0 radical (unpaired) electrons. The molecule has 1 unspecified atom stereocenters. The molecule has 1 heteroatoms. The van der Waals surface area contributed by atoms with Gasteiger partial charge in [0.15, 0.2) is 0 Å². The molecular formula is C11H10O. The Morgan fingerprint density at radius 1 is 1.17 bits per heavy atom. The van der Waals surface area contributed by atoms with Gasteiger partial charge in [-0.15, -0.1) is 0 Å². The lowest BCUT2D eigenvalue weighted by Crippen LogP contribution is -2.26. The summed E-state index contributed by atoms with van der Waals surface area (Å²) in [5, 5.41) is 10.1. The van der Waals surface area contributed by atoms with Crippen LogP contribution in [0, 0.1) is 0 Å². The van der Waals surface area contributed by atoms with Crippen molar-refractivity contribution in [1.82, 2.24) is 0 Å². The third kappa shape index (κ3) is 0.836. The third-order valence-corrected chi connectivity index (χ3v) is 2.23. The van der Waals surface area contributed by atoms with E-state index in [9.17, 15) is 5.11 Å². The maximum absolute atomic E-state index is 10.1. The number of allylic oxidation sites excluding steroid dienone is 4. The predicted molar refractivity (Wildman–Crippen MR) is 49.6 cm³/mol. The zero-order valence-electron chi connectivity index (χ0n) is 6.70. The molecule has 0 fully saturated rings. The van der Waals surface area contributed by atoms with Gasteiger partial charge >= 0.3 is 0 Å². The van der Waals surface area contributed by atoms with Gasteiger partial charge in [0, 0.05) is 0 Å². The van der Waals surface area contributed by atoms with Gasteiger partial charge in [0.05, 0.1) is 0 Å². The van der Waals surface area contributed by atoms with E-state index in [1.165, 1.54) is 0 Å². The third-order valence-electron chi connectivity index (χ3n) is 2.23. The van der Waals surface area contributed by atoms with Crippen LogP contribution in [-0.2, 0) is 0 Å². The summed E-state index contributed by atoms with van der Waals surface area (Å²) in [6, 6.07) is 0. The highest BCUT2D eigenvalue weighted by atomic mass is 16.3. The van der Waals surface area contributed by atoms with Gasteiger partial charge in [0.2, 0.25) is 0 Å². The topological polar surface area (TPSA) is 20.2 Å². The first-order valence-electron chi connectivity index (χ1n) is 3.90. The molecule has 60 valence electrons. The fourth-order valence-corrected chi connectivity index (χ4v) is 1.45. The van der Waals surface area contributed by atoms with E-state index < -0.39 is 5.60 Å². The molecule has 0 aromatic heterocycles. The molecule has 1 N–H and O–H groups in total. The van der Waals surface area contributed by atoms with Gasteiger partial charge in [0.25, 0.3) is 0 Å². The van der Waals surface area contributed by atoms with Gasteiger partial charge < -0.3 is 5.11 Å². The molecule has 0 aromatic rings. The molecule has 0 bridgehead atoms. The lowest BCUT2D eigenvalue weighted by molar-refractivity contribution is 0.179. The SMILES string of the molecule is C=C1C=CC=CC2=CC=CC12O. The van der Waals surface area contributed by atoms with Gasteiger partial charge in [-0.05, 0) is 17.2 Å². The molecule has 0 spiro atoms. The van der Waals surface area contributed by atoms with Crippen molar-refractivity contribution >= 4 is 0 Å². The van der Waals surface area contributed by atoms with Crippen LogP contribution in [0.5, 0.6) is 0 Å². The summed E-state index contributed by atoms with van der Waals surface area (Å²) in [6.07, 6.45) is 13.0. The number of fused-ring (bicyclic) bond motifs is 1. The number of rotatable bonds is 0. The lowest BCUT2D eigenvalue weighted by Gasteiger charge is -2.22. The molecule has 1 atom stereocenters. The number of aliphatic hydroxyl groups is 1. The van der Waals surface area contributed by atoms with Crippen LogP contribution >= 0.6 is 0 Å². The Morgan fingerprint density at radius 3 is 2.75 bits per heavy atom. The van der Waals surface area contributed by atoms with Gasteiger partial charge in [-0.2, -0.15) is 0 Å². The fourth-order valence-electron chi connectivity index (χ4n) is 1.45. The van der Waals surface area contributed by atoms with Gasteiger partial charge in [-0.3, -0.25) is 0 Å². The smallest absolute Gasteiger partial charge is 0.133 e. The van der Waals surface area contributed by atoms with Crippen LogP contribution in [-0.4, -0.2) is 10.7 Å². The molecular weight excluding hydrogens is 148 g/mol. The van der Waals surface area contributed by atoms with E-state index in [4.69, 9.17) is 0 Å². The highest BCUT2D eigenvalue weighted by molar-refractivity contribution is 5.55. The van der Waals surface area contributed by atoms with E-state index in [1.807, 2.05) is 36.5 Å². The van der Waals surface area contributed by atoms with Crippen LogP contribution in [0.25, 0.3) is 0 Å². The first-order valence-corrected chi connectivity index (χ1v) is 3.90. The van der Waals surface area contributed by atoms with E-state index in [0.29, 0.717) is 5.57 Å². The number of hydrogen-bond acceptors (Lipinski definition) is 1. The van der Waals surface area contributed by atoms with E-state index in [-0.39, 0.29) is 0 Å². The van der Waals surface area contributed by atoms with Crippen LogP contribution in [0.4, 0.5) is 0 Å². The fraction of sp³-hybridized carbons (Fsp3) is 0.0909. The van der Waals surface area contributed by atoms with Crippen molar-refractivity contribution in [1.29, 1.82) is 0 Å². The largest absolute Gasteiger partial charge is 0.377 e. The molecule has 2 aliphatic rings. The predicted octanol–water partition coefficient (Wildman–Crippen LogP) is 1.90. The monoisotopic (exact) mass is 158 g/mol. The van der Waals surface area contributed by atoms with Crippen LogP contribution in [0.3, 0.4) is 0 Å². The van der Waals surface area contributed by atoms with Crippen LogP contribution in [0.15, 0.2) is 60.3 Å². The Hall–Kier alpha value is -1.34. The summed E-state index contributed by atoms with van der Waals surface area (Å²) in [6.45, 7) is 3.82. The van der Waals surface area contributed by atoms with Crippen molar-refractivity contribution in [3.63, 3.8) is 0 Å². The Balaban J connectivity index is 2.54. The Labute approximate surface area is 71.7 Å². The maximum atomic E-state index is 10.1. The molecule has 0 saturated carbocycles. The van der Waals surface area contributed by atoms with Gasteiger partial charge in [-0.1, -0.05) is 43.0 Å². The quantitative estimate of drug-likeness (QED) is 0.570. The number of hydrogen-bond donors (Lipinski definition) is 1. The molecule has 0 aromatic carbocycles. The standard InChI is InChI=1S/C11H10O/c1-9-5-2-3-6-10-7-4-8-11(9,10)12/h2-8,12H,1H2. The zero-order valence-corrected chi connectivity index (χ0v) is 6.70. The highest BCUT2D eigenvalue weighted by Gasteiger charge is 2.32. The van der Waals surface area contributed by atoms with E-state index in [1.54, 1.807) is 6.08 Å².